The van der Waals surface area contributed by atoms with Crippen LogP contribution in [0.2, 0.25) is 0 Å². The van der Waals surface area contributed by atoms with Crippen LogP contribution in [0.15, 0.2) is 29.4 Å². The van der Waals surface area contributed by atoms with E-state index in [2.05, 4.69) is 5.10 Å². The van der Waals surface area contributed by atoms with Gasteiger partial charge in [-0.15, -0.1) is 0 Å². The highest BCUT2D eigenvalue weighted by Gasteiger charge is 2.02. The summed E-state index contributed by atoms with van der Waals surface area (Å²) in [6.07, 6.45) is 1.86. The summed E-state index contributed by atoms with van der Waals surface area (Å²) in [5.74, 6) is 0.616. The third kappa shape index (κ3) is 5.08. The Morgan fingerprint density at radius 1 is 1.53 bits per heavy atom. The van der Waals surface area contributed by atoms with Crippen molar-refractivity contribution in [2.75, 3.05) is 13.2 Å². The molecule has 100 valence electrons. The number of benzene rings is 1. The molecule has 0 spiro atoms. The van der Waals surface area contributed by atoms with Gasteiger partial charge in [0.1, 0.15) is 5.75 Å². The maximum absolute atomic E-state index is 8.51. The molecule has 0 aliphatic heterocycles. The summed E-state index contributed by atoms with van der Waals surface area (Å²) in [5.41, 5.74) is 6.24. The van der Waals surface area contributed by atoms with Crippen LogP contribution < -0.4 is 10.5 Å². The highest BCUT2D eigenvalue weighted by Crippen LogP contribution is 2.10. The maximum atomic E-state index is 8.51. The second-order valence-corrected chi connectivity index (χ2v) is 3.66. The lowest BCUT2D eigenvalue weighted by atomic mass is 10.2. The van der Waals surface area contributed by atoms with Gasteiger partial charge < -0.3 is 10.5 Å². The van der Waals surface area contributed by atoms with Gasteiger partial charge in [-0.25, -0.2) is 5.01 Å². The molecule has 6 nitrogen and oxygen atoms in total. The Morgan fingerprint density at radius 2 is 2.21 bits per heavy atom. The molecular formula is C13H17N5O. The van der Waals surface area contributed by atoms with Crippen LogP contribution in [0.3, 0.4) is 0 Å². The Balaban J connectivity index is 2.67. The van der Waals surface area contributed by atoms with E-state index < -0.39 is 0 Å². The molecule has 0 saturated carbocycles. The zero-order valence-electron chi connectivity index (χ0n) is 10.8. The van der Waals surface area contributed by atoms with Crippen LogP contribution in [-0.4, -0.2) is 30.3 Å². The average molecular weight is 259 g/mol. The number of guanidine groups is 1. The Labute approximate surface area is 112 Å². The normalized spacial score (nSPS) is 10.1. The van der Waals surface area contributed by atoms with E-state index in [0.717, 1.165) is 11.3 Å². The minimum Gasteiger partial charge on any atom is -0.494 e. The molecule has 0 aliphatic rings. The molecule has 0 aromatic heterocycles. The molecule has 0 atom stereocenters. The largest absolute Gasteiger partial charge is 0.494 e. The first-order chi connectivity index (χ1) is 9.17. The van der Waals surface area contributed by atoms with Crippen LogP contribution >= 0.6 is 0 Å². The van der Waals surface area contributed by atoms with Gasteiger partial charge in [-0.1, -0.05) is 0 Å². The van der Waals surface area contributed by atoms with Crippen molar-refractivity contribution < 1.29 is 4.74 Å². The average Bonchev–Trinajstić information content (AvgIpc) is 2.40. The standard InChI is InChI=1S/C13H17N5O/c1-2-19-12-6-4-11(5-7-12)10-17-18(13(15)16)9-3-8-14/h4-7,10H,2-3,9H2,1H3,(H3,15,16). The van der Waals surface area contributed by atoms with E-state index in [1.54, 1.807) is 6.21 Å². The van der Waals surface area contributed by atoms with Crippen LogP contribution in [0, 0.1) is 16.7 Å². The summed E-state index contributed by atoms with van der Waals surface area (Å²) in [5, 5.41) is 21.2. The minimum absolute atomic E-state index is 0.183. The van der Waals surface area contributed by atoms with E-state index in [1.807, 2.05) is 37.3 Å². The monoisotopic (exact) mass is 259 g/mol. The molecule has 0 unspecified atom stereocenters. The maximum Gasteiger partial charge on any atom is 0.209 e. The smallest absolute Gasteiger partial charge is 0.209 e. The molecule has 3 N–H and O–H groups in total. The van der Waals surface area contributed by atoms with E-state index in [4.69, 9.17) is 21.1 Å². The zero-order chi connectivity index (χ0) is 14.1. The first kappa shape index (κ1) is 14.5. The van der Waals surface area contributed by atoms with Gasteiger partial charge in [0.25, 0.3) is 0 Å². The number of nitrogens with one attached hydrogen (secondary N) is 1. The fraction of sp³-hybridized carbons (Fsp3) is 0.308. The Hall–Kier alpha value is -2.55. The molecule has 1 aromatic carbocycles. The van der Waals surface area contributed by atoms with Crippen LogP contribution in [-0.2, 0) is 0 Å². The summed E-state index contributed by atoms with van der Waals surface area (Å²) in [6.45, 7) is 2.86. The van der Waals surface area contributed by atoms with Gasteiger partial charge >= 0.3 is 0 Å². The summed E-state index contributed by atoms with van der Waals surface area (Å²) in [4.78, 5) is 0. The molecule has 1 aromatic rings. The van der Waals surface area contributed by atoms with E-state index in [0.29, 0.717) is 13.2 Å². The fourth-order valence-corrected chi connectivity index (χ4v) is 1.35. The van der Waals surface area contributed by atoms with Crippen molar-refractivity contribution in [2.45, 2.75) is 13.3 Å². The van der Waals surface area contributed by atoms with Crippen LogP contribution in [0.4, 0.5) is 0 Å². The lowest BCUT2D eigenvalue weighted by Crippen LogP contribution is -2.32. The summed E-state index contributed by atoms with van der Waals surface area (Å²) < 4.78 is 5.33. The number of hydrogen-bond acceptors (Lipinski definition) is 4. The zero-order valence-corrected chi connectivity index (χ0v) is 10.8. The molecular weight excluding hydrogens is 242 g/mol. The van der Waals surface area contributed by atoms with Crippen molar-refractivity contribution in [3.63, 3.8) is 0 Å². The number of rotatable bonds is 6. The summed E-state index contributed by atoms with van der Waals surface area (Å²) in [7, 11) is 0. The van der Waals surface area contributed by atoms with E-state index >= 15 is 0 Å². The lowest BCUT2D eigenvalue weighted by Gasteiger charge is -2.14. The number of nitriles is 1. The molecule has 0 aliphatic carbocycles. The first-order valence-electron chi connectivity index (χ1n) is 5.92. The van der Waals surface area contributed by atoms with Crippen molar-refractivity contribution >= 4 is 12.2 Å². The lowest BCUT2D eigenvalue weighted by molar-refractivity contribution is 0.340. The molecule has 1 rings (SSSR count). The van der Waals surface area contributed by atoms with Crippen molar-refractivity contribution in [3.8, 4) is 11.8 Å². The van der Waals surface area contributed by atoms with Gasteiger partial charge in [0.15, 0.2) is 0 Å². The van der Waals surface area contributed by atoms with Gasteiger partial charge in [-0.3, -0.25) is 5.41 Å². The minimum atomic E-state index is -0.183. The third-order valence-electron chi connectivity index (χ3n) is 2.25. The molecule has 0 radical (unpaired) electrons. The van der Waals surface area contributed by atoms with Crippen LogP contribution in [0.5, 0.6) is 5.75 Å². The second kappa shape index (κ2) is 7.71. The molecule has 19 heavy (non-hydrogen) atoms. The predicted octanol–water partition coefficient (Wildman–Crippen LogP) is 1.53. The Morgan fingerprint density at radius 3 is 2.74 bits per heavy atom. The summed E-state index contributed by atoms with van der Waals surface area (Å²) in [6, 6.07) is 9.40. The van der Waals surface area contributed by atoms with Gasteiger partial charge in [0.05, 0.1) is 31.9 Å². The first-order valence-corrected chi connectivity index (χ1v) is 5.92. The quantitative estimate of drug-likeness (QED) is 0.459. The number of hydrazone groups is 1. The highest BCUT2D eigenvalue weighted by atomic mass is 16.5. The SMILES string of the molecule is CCOc1ccc(C=NN(CCC#N)C(=N)N)cc1. The molecule has 0 bridgehead atoms. The second-order valence-electron chi connectivity index (χ2n) is 3.66. The van der Waals surface area contributed by atoms with Crippen molar-refractivity contribution in [1.82, 2.24) is 5.01 Å². The number of hydrogen-bond donors (Lipinski definition) is 2. The number of ether oxygens (including phenoxy) is 1. The van der Waals surface area contributed by atoms with Crippen molar-refractivity contribution in [2.24, 2.45) is 10.8 Å². The van der Waals surface area contributed by atoms with Crippen molar-refractivity contribution in [1.29, 1.82) is 10.7 Å². The van der Waals surface area contributed by atoms with Gasteiger partial charge in [-0.05, 0) is 36.8 Å². The van der Waals surface area contributed by atoms with Crippen LogP contribution in [0.1, 0.15) is 18.9 Å². The highest BCUT2D eigenvalue weighted by molar-refractivity contribution is 5.82. The third-order valence-corrected chi connectivity index (χ3v) is 2.25. The van der Waals surface area contributed by atoms with Crippen molar-refractivity contribution in [3.05, 3.63) is 29.8 Å². The van der Waals surface area contributed by atoms with E-state index in [-0.39, 0.29) is 12.4 Å². The van der Waals surface area contributed by atoms with Gasteiger partial charge in [-0.2, -0.15) is 10.4 Å². The molecule has 0 heterocycles. The molecule has 0 saturated heterocycles. The van der Waals surface area contributed by atoms with E-state index in [1.165, 1.54) is 5.01 Å². The Kier molecular flexibility index (Phi) is 5.89. The summed E-state index contributed by atoms with van der Waals surface area (Å²) >= 11 is 0. The topological polar surface area (TPSA) is 98.5 Å². The molecule has 0 fully saturated rings. The number of nitrogens with zero attached hydrogens (tertiary/aromatic N) is 3. The number of nitrogens with two attached hydrogens (primary N) is 1. The van der Waals surface area contributed by atoms with Gasteiger partial charge in [0, 0.05) is 0 Å². The van der Waals surface area contributed by atoms with E-state index in [9.17, 15) is 0 Å². The predicted molar refractivity (Wildman–Crippen MR) is 74.1 cm³/mol. The Bertz CT molecular complexity index is 475. The van der Waals surface area contributed by atoms with Gasteiger partial charge in [0.2, 0.25) is 5.96 Å². The fourth-order valence-electron chi connectivity index (χ4n) is 1.35. The molecule has 6 heteroatoms. The van der Waals surface area contributed by atoms with Crippen LogP contribution in [0.25, 0.3) is 0 Å². The molecule has 0 amide bonds.